The average Bonchev–Trinajstić information content (AvgIpc) is 2.45. The van der Waals surface area contributed by atoms with E-state index in [1.807, 2.05) is 18.2 Å². The standard InChI is InChI=1S/C16H18N2O3/c1-4-16(2,3)17-15(21)18-9-11-7-5-6-8-12(11)13(10-18)14(19)20/h1,5-8,13H,9-10H2,2-3H3,(H,17,21)(H,19,20). The normalized spacial score (nSPS) is 17.6. The van der Waals surface area contributed by atoms with E-state index in [2.05, 4.69) is 11.2 Å². The van der Waals surface area contributed by atoms with Gasteiger partial charge in [-0.25, -0.2) is 4.79 Å². The Hall–Kier alpha value is -2.48. The molecule has 1 aromatic carbocycles. The van der Waals surface area contributed by atoms with Gasteiger partial charge in [0.15, 0.2) is 0 Å². The number of hydrogen-bond acceptors (Lipinski definition) is 2. The van der Waals surface area contributed by atoms with E-state index in [1.54, 1.807) is 19.9 Å². The summed E-state index contributed by atoms with van der Waals surface area (Å²) in [5, 5.41) is 12.1. The Labute approximate surface area is 124 Å². The summed E-state index contributed by atoms with van der Waals surface area (Å²) in [6, 6.07) is 6.95. The Morgan fingerprint density at radius 1 is 1.43 bits per heavy atom. The Bertz CT molecular complexity index is 616. The van der Waals surface area contributed by atoms with Crippen molar-refractivity contribution in [2.45, 2.75) is 31.8 Å². The van der Waals surface area contributed by atoms with Crippen LogP contribution in [-0.2, 0) is 11.3 Å². The van der Waals surface area contributed by atoms with Crippen molar-refractivity contribution in [3.63, 3.8) is 0 Å². The first-order chi connectivity index (χ1) is 9.84. The zero-order chi connectivity index (χ0) is 15.6. The number of carbonyl (C=O) groups is 2. The first-order valence-corrected chi connectivity index (χ1v) is 6.69. The molecule has 0 spiro atoms. The van der Waals surface area contributed by atoms with Crippen LogP contribution in [0.5, 0.6) is 0 Å². The van der Waals surface area contributed by atoms with Gasteiger partial charge >= 0.3 is 12.0 Å². The van der Waals surface area contributed by atoms with E-state index in [0.717, 1.165) is 11.1 Å². The van der Waals surface area contributed by atoms with E-state index >= 15 is 0 Å². The lowest BCUT2D eigenvalue weighted by Gasteiger charge is -2.34. The van der Waals surface area contributed by atoms with Crippen molar-refractivity contribution < 1.29 is 14.7 Å². The minimum absolute atomic E-state index is 0.138. The molecule has 1 atom stereocenters. The fourth-order valence-corrected chi connectivity index (χ4v) is 2.36. The van der Waals surface area contributed by atoms with Gasteiger partial charge in [-0.15, -0.1) is 6.42 Å². The number of nitrogens with zero attached hydrogens (tertiary/aromatic N) is 1. The van der Waals surface area contributed by atoms with Crippen LogP contribution >= 0.6 is 0 Å². The van der Waals surface area contributed by atoms with Gasteiger partial charge in [-0.2, -0.15) is 0 Å². The van der Waals surface area contributed by atoms with Crippen LogP contribution < -0.4 is 5.32 Å². The Balaban J connectivity index is 2.24. The van der Waals surface area contributed by atoms with Gasteiger partial charge in [0.05, 0.1) is 11.5 Å². The molecule has 2 amide bonds. The van der Waals surface area contributed by atoms with Crippen LogP contribution in [0.4, 0.5) is 4.79 Å². The third-order valence-corrected chi connectivity index (χ3v) is 3.56. The molecule has 110 valence electrons. The summed E-state index contributed by atoms with van der Waals surface area (Å²) >= 11 is 0. The molecule has 21 heavy (non-hydrogen) atoms. The van der Waals surface area contributed by atoms with Crippen molar-refractivity contribution in [3.05, 3.63) is 35.4 Å². The predicted octanol–water partition coefficient (Wildman–Crippen LogP) is 1.79. The predicted molar refractivity (Wildman–Crippen MR) is 78.7 cm³/mol. The first kappa shape index (κ1) is 14.9. The van der Waals surface area contributed by atoms with Crippen molar-refractivity contribution in [3.8, 4) is 12.3 Å². The molecule has 5 nitrogen and oxygen atoms in total. The van der Waals surface area contributed by atoms with Gasteiger partial charge in [-0.05, 0) is 25.0 Å². The van der Waals surface area contributed by atoms with Crippen molar-refractivity contribution >= 4 is 12.0 Å². The van der Waals surface area contributed by atoms with Crippen LogP contribution in [-0.4, -0.2) is 34.1 Å². The molecule has 0 aromatic heterocycles. The Morgan fingerprint density at radius 2 is 2.10 bits per heavy atom. The lowest BCUT2D eigenvalue weighted by Crippen LogP contribution is -2.51. The van der Waals surface area contributed by atoms with Crippen LogP contribution in [0.3, 0.4) is 0 Å². The van der Waals surface area contributed by atoms with E-state index in [1.165, 1.54) is 4.90 Å². The van der Waals surface area contributed by atoms with Crippen molar-refractivity contribution in [1.82, 2.24) is 10.2 Å². The number of carboxylic acids is 1. The van der Waals surface area contributed by atoms with E-state index in [0.29, 0.717) is 6.54 Å². The first-order valence-electron chi connectivity index (χ1n) is 6.69. The van der Waals surface area contributed by atoms with Crippen molar-refractivity contribution in [2.24, 2.45) is 0 Å². The van der Waals surface area contributed by atoms with Gasteiger partial charge in [-0.1, -0.05) is 30.2 Å². The number of urea groups is 1. The smallest absolute Gasteiger partial charge is 0.318 e. The minimum atomic E-state index is -0.934. The summed E-state index contributed by atoms with van der Waals surface area (Å²) in [4.78, 5) is 25.2. The topological polar surface area (TPSA) is 69.6 Å². The summed E-state index contributed by atoms with van der Waals surface area (Å²) in [5.74, 6) is 0.842. The van der Waals surface area contributed by atoms with Gasteiger partial charge in [-0.3, -0.25) is 4.79 Å². The van der Waals surface area contributed by atoms with E-state index in [4.69, 9.17) is 6.42 Å². The van der Waals surface area contributed by atoms with Crippen LogP contribution in [0.25, 0.3) is 0 Å². The minimum Gasteiger partial charge on any atom is -0.481 e. The monoisotopic (exact) mass is 286 g/mol. The number of hydrogen-bond donors (Lipinski definition) is 2. The van der Waals surface area contributed by atoms with Gasteiger partial charge in [0.2, 0.25) is 0 Å². The highest BCUT2D eigenvalue weighted by Crippen LogP contribution is 2.28. The second-order valence-corrected chi connectivity index (χ2v) is 5.67. The van der Waals surface area contributed by atoms with Gasteiger partial charge in [0.25, 0.3) is 0 Å². The number of benzene rings is 1. The molecule has 0 saturated heterocycles. The van der Waals surface area contributed by atoms with E-state index in [9.17, 15) is 14.7 Å². The number of carbonyl (C=O) groups excluding carboxylic acids is 1. The zero-order valence-corrected chi connectivity index (χ0v) is 12.1. The second kappa shape index (κ2) is 5.49. The SMILES string of the molecule is C#CC(C)(C)NC(=O)N1Cc2ccccc2C(C(=O)O)C1. The summed E-state index contributed by atoms with van der Waals surface area (Å²) < 4.78 is 0. The van der Waals surface area contributed by atoms with E-state index in [-0.39, 0.29) is 12.6 Å². The molecule has 1 aromatic rings. The number of aliphatic carboxylic acids is 1. The summed E-state index contributed by atoms with van der Waals surface area (Å²) in [6.45, 7) is 3.96. The molecule has 1 aliphatic rings. The average molecular weight is 286 g/mol. The molecule has 5 heteroatoms. The maximum absolute atomic E-state index is 12.3. The third-order valence-electron chi connectivity index (χ3n) is 3.56. The lowest BCUT2D eigenvalue weighted by molar-refractivity contribution is -0.139. The maximum atomic E-state index is 12.3. The number of terminal acetylenes is 1. The quantitative estimate of drug-likeness (QED) is 0.814. The fraction of sp³-hybridized carbons (Fsp3) is 0.375. The maximum Gasteiger partial charge on any atom is 0.318 e. The molecule has 1 aliphatic heterocycles. The molecular weight excluding hydrogens is 268 g/mol. The highest BCUT2D eigenvalue weighted by molar-refractivity contribution is 5.81. The number of carboxylic acid groups (broad SMARTS) is 1. The lowest BCUT2D eigenvalue weighted by atomic mass is 9.90. The van der Waals surface area contributed by atoms with Crippen LogP contribution in [0.15, 0.2) is 24.3 Å². The zero-order valence-electron chi connectivity index (χ0n) is 12.1. The van der Waals surface area contributed by atoms with Gasteiger partial charge < -0.3 is 15.3 Å². The van der Waals surface area contributed by atoms with Gasteiger partial charge in [0, 0.05) is 13.1 Å². The molecule has 1 heterocycles. The van der Waals surface area contributed by atoms with E-state index < -0.39 is 17.4 Å². The number of nitrogens with one attached hydrogen (secondary N) is 1. The number of rotatable bonds is 2. The Morgan fingerprint density at radius 3 is 2.71 bits per heavy atom. The molecule has 1 unspecified atom stereocenters. The summed E-state index contributed by atoms with van der Waals surface area (Å²) in [6.07, 6.45) is 5.36. The van der Waals surface area contributed by atoms with Crippen molar-refractivity contribution in [1.29, 1.82) is 0 Å². The van der Waals surface area contributed by atoms with Crippen molar-refractivity contribution in [2.75, 3.05) is 6.54 Å². The molecule has 0 bridgehead atoms. The molecule has 2 N–H and O–H groups in total. The molecule has 0 aliphatic carbocycles. The molecule has 0 saturated carbocycles. The fourth-order valence-electron chi connectivity index (χ4n) is 2.36. The second-order valence-electron chi connectivity index (χ2n) is 5.67. The van der Waals surface area contributed by atoms with Crippen LogP contribution in [0.2, 0.25) is 0 Å². The highest BCUT2D eigenvalue weighted by Gasteiger charge is 2.33. The Kier molecular flexibility index (Phi) is 3.90. The number of amides is 2. The number of fused-ring (bicyclic) bond motifs is 1. The third kappa shape index (κ3) is 3.16. The molecule has 2 rings (SSSR count). The van der Waals surface area contributed by atoms with Gasteiger partial charge in [0.1, 0.15) is 0 Å². The summed E-state index contributed by atoms with van der Waals surface area (Å²) in [7, 11) is 0. The van der Waals surface area contributed by atoms with Crippen LogP contribution in [0.1, 0.15) is 30.9 Å². The largest absolute Gasteiger partial charge is 0.481 e. The molecular formula is C16H18N2O3. The van der Waals surface area contributed by atoms with Crippen LogP contribution in [0, 0.1) is 12.3 Å². The summed E-state index contributed by atoms with van der Waals surface area (Å²) in [5.41, 5.74) is 0.849. The highest BCUT2D eigenvalue weighted by atomic mass is 16.4. The molecule has 0 radical (unpaired) electrons. The molecule has 0 fully saturated rings.